The summed E-state index contributed by atoms with van der Waals surface area (Å²) in [6.07, 6.45) is 1.90. The van der Waals surface area contributed by atoms with E-state index < -0.39 is 0 Å². The van der Waals surface area contributed by atoms with E-state index >= 15 is 0 Å². The van der Waals surface area contributed by atoms with Gasteiger partial charge in [-0.25, -0.2) is 0 Å². The largest absolute Gasteiger partial charge is 0.493 e. The predicted molar refractivity (Wildman–Crippen MR) is 99.7 cm³/mol. The van der Waals surface area contributed by atoms with Crippen LogP contribution in [0.3, 0.4) is 0 Å². The molecule has 2 heterocycles. The number of H-pyrrole nitrogens is 1. The summed E-state index contributed by atoms with van der Waals surface area (Å²) in [6, 6.07) is 17.5. The first-order valence-electron chi connectivity index (χ1n) is 7.61. The van der Waals surface area contributed by atoms with Crippen molar-refractivity contribution in [3.05, 3.63) is 70.6 Å². The highest BCUT2D eigenvalue weighted by molar-refractivity contribution is 7.71. The van der Waals surface area contributed by atoms with Crippen LogP contribution in [-0.4, -0.2) is 20.4 Å². The number of hydrogen-bond acceptors (Lipinski definition) is 3. The summed E-state index contributed by atoms with van der Waals surface area (Å²) >= 11 is 5.38. The van der Waals surface area contributed by atoms with Crippen molar-refractivity contribution in [2.45, 2.75) is 6.92 Å². The van der Waals surface area contributed by atoms with Crippen molar-refractivity contribution >= 4 is 35.3 Å². The number of nitrogens with zero attached hydrogens (tertiary/aromatic N) is 2. The van der Waals surface area contributed by atoms with Crippen molar-refractivity contribution in [3.8, 4) is 11.6 Å². The van der Waals surface area contributed by atoms with Gasteiger partial charge in [0.05, 0.1) is 11.4 Å². The van der Waals surface area contributed by atoms with Crippen molar-refractivity contribution in [1.82, 2.24) is 9.55 Å². The van der Waals surface area contributed by atoms with Gasteiger partial charge in [0.2, 0.25) is 5.88 Å². The Morgan fingerprint density at radius 3 is 2.58 bits per heavy atom. The standard InChI is InChI=1S/C19H15N3OS/c1-12-15(14-9-5-6-10-16(14)20-12)11-17-18(23)22(19(24)21-17)13-7-3-2-4-8-13/h2-11,23H,1H3,(H,21,24)/b15-11+. The monoisotopic (exact) mass is 333 g/mol. The quantitative estimate of drug-likeness (QED) is 0.656. The number of benzene rings is 2. The molecule has 0 unspecified atom stereocenters. The number of allylic oxidation sites excluding steroid dienone is 1. The summed E-state index contributed by atoms with van der Waals surface area (Å²) in [5.41, 5.74) is 5.30. The van der Waals surface area contributed by atoms with Gasteiger partial charge in [0, 0.05) is 16.8 Å². The first kappa shape index (κ1) is 14.7. The lowest BCUT2D eigenvalue weighted by molar-refractivity contribution is 0.441. The third kappa shape index (κ3) is 2.30. The van der Waals surface area contributed by atoms with Gasteiger partial charge in [0.25, 0.3) is 0 Å². The summed E-state index contributed by atoms with van der Waals surface area (Å²) < 4.78 is 2.07. The minimum Gasteiger partial charge on any atom is -0.493 e. The van der Waals surface area contributed by atoms with E-state index in [-0.39, 0.29) is 5.88 Å². The predicted octanol–water partition coefficient (Wildman–Crippen LogP) is 4.89. The van der Waals surface area contributed by atoms with E-state index in [4.69, 9.17) is 12.2 Å². The average molecular weight is 333 g/mol. The van der Waals surface area contributed by atoms with E-state index in [0.29, 0.717) is 10.5 Å². The Morgan fingerprint density at radius 1 is 1.08 bits per heavy atom. The van der Waals surface area contributed by atoms with Crippen LogP contribution < -0.4 is 0 Å². The lowest BCUT2D eigenvalue weighted by Crippen LogP contribution is -1.93. The summed E-state index contributed by atoms with van der Waals surface area (Å²) in [4.78, 5) is 7.65. The molecule has 4 nitrogen and oxygen atoms in total. The first-order valence-corrected chi connectivity index (χ1v) is 8.02. The Balaban J connectivity index is 1.86. The van der Waals surface area contributed by atoms with Gasteiger partial charge in [0.1, 0.15) is 5.69 Å². The van der Waals surface area contributed by atoms with E-state index in [0.717, 1.165) is 28.2 Å². The smallest absolute Gasteiger partial charge is 0.222 e. The molecule has 0 radical (unpaired) electrons. The van der Waals surface area contributed by atoms with Crippen LogP contribution in [0.4, 0.5) is 5.69 Å². The van der Waals surface area contributed by atoms with Crippen LogP contribution in [0.1, 0.15) is 18.2 Å². The van der Waals surface area contributed by atoms with E-state index in [2.05, 4.69) is 9.98 Å². The van der Waals surface area contributed by atoms with Crippen LogP contribution in [0, 0.1) is 4.77 Å². The van der Waals surface area contributed by atoms with Crippen molar-refractivity contribution in [2.75, 3.05) is 0 Å². The number of para-hydroxylation sites is 2. The highest BCUT2D eigenvalue weighted by atomic mass is 32.1. The van der Waals surface area contributed by atoms with Crippen LogP contribution in [-0.2, 0) is 0 Å². The normalized spacial score (nSPS) is 14.7. The van der Waals surface area contributed by atoms with E-state index in [1.165, 1.54) is 0 Å². The van der Waals surface area contributed by atoms with Crippen molar-refractivity contribution in [3.63, 3.8) is 0 Å². The van der Waals surface area contributed by atoms with Crippen LogP contribution in [0.5, 0.6) is 5.88 Å². The van der Waals surface area contributed by atoms with Crippen LogP contribution in [0.2, 0.25) is 0 Å². The van der Waals surface area contributed by atoms with Crippen molar-refractivity contribution in [1.29, 1.82) is 0 Å². The summed E-state index contributed by atoms with van der Waals surface area (Å²) in [6.45, 7) is 1.96. The molecule has 0 aliphatic carbocycles. The molecule has 1 aliphatic rings. The molecule has 2 N–H and O–H groups in total. The number of nitrogens with one attached hydrogen (secondary N) is 1. The minimum atomic E-state index is 0.0934. The zero-order valence-electron chi connectivity index (χ0n) is 13.0. The zero-order chi connectivity index (χ0) is 16.7. The number of hydrogen-bond donors (Lipinski definition) is 2. The highest BCUT2D eigenvalue weighted by Gasteiger charge is 2.19. The molecule has 0 spiro atoms. The molecule has 3 aromatic rings. The van der Waals surface area contributed by atoms with Gasteiger partial charge in [-0.2, -0.15) is 0 Å². The molecular weight excluding hydrogens is 318 g/mol. The van der Waals surface area contributed by atoms with Crippen LogP contribution >= 0.6 is 12.2 Å². The fourth-order valence-corrected chi connectivity index (χ4v) is 3.22. The van der Waals surface area contributed by atoms with E-state index in [9.17, 15) is 5.11 Å². The van der Waals surface area contributed by atoms with Crippen molar-refractivity contribution < 1.29 is 5.11 Å². The third-order valence-corrected chi connectivity index (χ3v) is 4.36. The zero-order valence-corrected chi connectivity index (χ0v) is 13.8. The number of imidazole rings is 1. The van der Waals surface area contributed by atoms with Crippen molar-refractivity contribution in [2.24, 2.45) is 4.99 Å². The molecule has 1 aliphatic heterocycles. The van der Waals surface area contributed by atoms with Gasteiger partial charge in [-0.1, -0.05) is 36.4 Å². The second-order valence-electron chi connectivity index (χ2n) is 5.61. The number of fused-ring (bicyclic) bond motifs is 1. The molecule has 1 aromatic heterocycles. The maximum Gasteiger partial charge on any atom is 0.222 e. The number of aromatic amines is 1. The lowest BCUT2D eigenvalue weighted by Gasteiger charge is -2.04. The molecule has 5 heteroatoms. The molecule has 2 aromatic carbocycles. The Morgan fingerprint density at radius 2 is 1.79 bits per heavy atom. The maximum atomic E-state index is 10.6. The second-order valence-corrected chi connectivity index (χ2v) is 6.00. The average Bonchev–Trinajstić information content (AvgIpc) is 3.05. The highest BCUT2D eigenvalue weighted by Crippen LogP contribution is 2.36. The van der Waals surface area contributed by atoms with Crippen LogP contribution in [0.25, 0.3) is 17.3 Å². The Kier molecular flexibility index (Phi) is 3.43. The van der Waals surface area contributed by atoms with Gasteiger partial charge in [-0.05, 0) is 43.4 Å². The summed E-state index contributed by atoms with van der Waals surface area (Å²) in [7, 11) is 0. The van der Waals surface area contributed by atoms with E-state index in [1.54, 1.807) is 4.57 Å². The fourth-order valence-electron chi connectivity index (χ4n) is 2.92. The van der Waals surface area contributed by atoms with Gasteiger partial charge in [-0.15, -0.1) is 0 Å². The molecule has 4 rings (SSSR count). The molecule has 24 heavy (non-hydrogen) atoms. The molecule has 0 atom stereocenters. The number of aromatic nitrogens is 2. The Hall–Kier alpha value is -2.92. The van der Waals surface area contributed by atoms with Gasteiger partial charge in [-0.3, -0.25) is 9.56 Å². The Bertz CT molecular complexity index is 1040. The molecular formula is C19H15N3OS. The fraction of sp³-hybridized carbons (Fsp3) is 0.0526. The van der Waals surface area contributed by atoms with Gasteiger partial charge < -0.3 is 10.1 Å². The molecule has 0 saturated heterocycles. The lowest BCUT2D eigenvalue weighted by atomic mass is 10.0. The number of aromatic hydroxyl groups is 1. The number of aliphatic imine (C=N–C) groups is 1. The minimum absolute atomic E-state index is 0.0934. The first-order chi connectivity index (χ1) is 11.6. The number of rotatable bonds is 2. The maximum absolute atomic E-state index is 10.6. The summed E-state index contributed by atoms with van der Waals surface area (Å²) in [5.74, 6) is 0.0934. The molecule has 0 fully saturated rings. The van der Waals surface area contributed by atoms with E-state index in [1.807, 2.05) is 67.6 Å². The van der Waals surface area contributed by atoms with Gasteiger partial charge >= 0.3 is 0 Å². The Labute approximate surface area is 144 Å². The SMILES string of the molecule is CC1=Nc2ccccc2/C1=C/c1[nH]c(=S)n(-c2ccccc2)c1O. The van der Waals surface area contributed by atoms with Gasteiger partial charge in [0.15, 0.2) is 4.77 Å². The van der Waals surface area contributed by atoms with Crippen LogP contribution in [0.15, 0.2) is 59.6 Å². The third-order valence-electron chi connectivity index (χ3n) is 4.07. The molecule has 0 saturated carbocycles. The molecule has 118 valence electrons. The summed E-state index contributed by atoms with van der Waals surface area (Å²) in [5, 5.41) is 10.6. The second kappa shape index (κ2) is 5.62. The molecule has 0 amide bonds. The molecule has 0 bridgehead atoms. The topological polar surface area (TPSA) is 53.3 Å².